The van der Waals surface area contributed by atoms with Gasteiger partial charge < -0.3 is 20.1 Å². The van der Waals surface area contributed by atoms with Crippen LogP contribution in [0.3, 0.4) is 0 Å². The monoisotopic (exact) mass is 534 g/mol. The molecular formula is C25H25F3N4O6. The Hall–Kier alpha value is -4.55. The summed E-state index contributed by atoms with van der Waals surface area (Å²) in [5.41, 5.74) is -3.00. The summed E-state index contributed by atoms with van der Waals surface area (Å²) in [4.78, 5) is 51.7. The molecule has 2 N–H and O–H groups in total. The van der Waals surface area contributed by atoms with Crippen LogP contribution < -0.4 is 15.8 Å². The van der Waals surface area contributed by atoms with Gasteiger partial charge in [0.15, 0.2) is 11.4 Å². The molecule has 1 aliphatic heterocycles. The summed E-state index contributed by atoms with van der Waals surface area (Å²) in [5.74, 6) is -7.18. The normalized spacial score (nSPS) is 14.4. The minimum absolute atomic E-state index is 0.146. The van der Waals surface area contributed by atoms with Gasteiger partial charge in [-0.2, -0.15) is 0 Å². The average molecular weight is 534 g/mol. The number of halogens is 3. The lowest BCUT2D eigenvalue weighted by Gasteiger charge is -2.44. The molecule has 2 aromatic rings. The molecule has 10 nitrogen and oxygen atoms in total. The Balaban J connectivity index is 2.07. The summed E-state index contributed by atoms with van der Waals surface area (Å²) >= 11 is 0. The third-order valence-electron chi connectivity index (χ3n) is 5.92. The Morgan fingerprint density at radius 2 is 1.82 bits per heavy atom. The van der Waals surface area contributed by atoms with Crippen LogP contribution in [0, 0.1) is 17.5 Å². The molecule has 0 saturated carbocycles. The van der Waals surface area contributed by atoms with Crippen molar-refractivity contribution in [3.8, 4) is 5.75 Å². The van der Waals surface area contributed by atoms with Crippen LogP contribution in [0.15, 0.2) is 48.4 Å². The quantitative estimate of drug-likeness (QED) is 0.373. The molecule has 2 atom stereocenters. The molecule has 1 aromatic carbocycles. The molecule has 0 aliphatic carbocycles. The highest BCUT2D eigenvalue weighted by Crippen LogP contribution is 2.25. The van der Waals surface area contributed by atoms with E-state index in [1.54, 1.807) is 6.92 Å². The van der Waals surface area contributed by atoms with Crippen LogP contribution in [0.4, 0.5) is 13.2 Å². The van der Waals surface area contributed by atoms with Gasteiger partial charge in [0, 0.05) is 43.4 Å². The lowest BCUT2D eigenvalue weighted by Crippen LogP contribution is -2.60. The number of nitrogens with one attached hydrogen (secondary N) is 1. The summed E-state index contributed by atoms with van der Waals surface area (Å²) in [6.45, 7) is 9.10. The maximum absolute atomic E-state index is 14.0. The predicted molar refractivity (Wildman–Crippen MR) is 129 cm³/mol. The number of pyridine rings is 1. The Morgan fingerprint density at radius 1 is 1.18 bits per heavy atom. The van der Waals surface area contributed by atoms with Crippen molar-refractivity contribution in [2.24, 2.45) is 0 Å². The van der Waals surface area contributed by atoms with E-state index in [4.69, 9.17) is 4.74 Å². The first-order valence-electron chi connectivity index (χ1n) is 11.3. The fourth-order valence-electron chi connectivity index (χ4n) is 3.77. The summed E-state index contributed by atoms with van der Waals surface area (Å²) in [5, 5.41) is 14.3. The molecule has 2 heterocycles. The molecule has 2 amide bonds. The summed E-state index contributed by atoms with van der Waals surface area (Å²) < 4.78 is 47.3. The Morgan fingerprint density at radius 3 is 2.37 bits per heavy atom. The van der Waals surface area contributed by atoms with Gasteiger partial charge in [-0.1, -0.05) is 12.2 Å². The van der Waals surface area contributed by atoms with Gasteiger partial charge in [0.25, 0.3) is 11.8 Å². The number of ether oxygens (including phenoxy) is 1. The lowest BCUT2D eigenvalue weighted by molar-refractivity contribution is -0.141. The standard InChI is InChI=1S/C25H25F3N4O6/c1-5-13(3)30-12-32(16(6-2)11-38-14(4)33)31-10-18(22(34)23(35)21(31)25(30)37)24(36)29-9-17-19(27)7-15(26)8-20(17)28/h5-8,10,13,16,35H,1-2,9,11-12H2,3-4H3,(H,29,36)/t13-,16-/m0/s1. The van der Waals surface area contributed by atoms with Crippen LogP contribution in [0.5, 0.6) is 5.75 Å². The third kappa shape index (κ3) is 5.41. The molecule has 3 rings (SSSR count). The zero-order valence-corrected chi connectivity index (χ0v) is 20.5. The van der Waals surface area contributed by atoms with Crippen LogP contribution in [0.25, 0.3) is 0 Å². The number of aromatic hydroxyl groups is 1. The van der Waals surface area contributed by atoms with Gasteiger partial charge in [0.1, 0.15) is 36.3 Å². The van der Waals surface area contributed by atoms with Crippen LogP contribution in [-0.2, 0) is 16.1 Å². The van der Waals surface area contributed by atoms with Crippen molar-refractivity contribution in [2.75, 3.05) is 18.3 Å². The molecule has 38 heavy (non-hydrogen) atoms. The molecule has 0 bridgehead atoms. The van der Waals surface area contributed by atoms with Crippen molar-refractivity contribution in [3.05, 3.63) is 88.1 Å². The number of carbonyl (C=O) groups excluding carboxylic acids is 3. The number of nitrogens with zero attached hydrogens (tertiary/aromatic N) is 3. The summed E-state index contributed by atoms with van der Waals surface area (Å²) in [6, 6.07) is -0.467. The van der Waals surface area contributed by atoms with Crippen molar-refractivity contribution < 1.29 is 37.4 Å². The van der Waals surface area contributed by atoms with Crippen molar-refractivity contribution in [1.29, 1.82) is 0 Å². The minimum atomic E-state index is -1.25. The number of esters is 1. The zero-order chi connectivity index (χ0) is 28.3. The van der Waals surface area contributed by atoms with Gasteiger partial charge in [-0.05, 0) is 6.92 Å². The fraction of sp³-hybridized carbons (Fsp3) is 0.280. The second-order valence-electron chi connectivity index (χ2n) is 8.38. The smallest absolute Gasteiger partial charge is 0.302 e. The van der Waals surface area contributed by atoms with Gasteiger partial charge in [-0.15, -0.1) is 13.2 Å². The first-order chi connectivity index (χ1) is 17.9. The topological polar surface area (TPSA) is 121 Å². The number of rotatable bonds is 9. The zero-order valence-electron chi connectivity index (χ0n) is 20.5. The van der Waals surface area contributed by atoms with Gasteiger partial charge in [0.2, 0.25) is 5.43 Å². The van der Waals surface area contributed by atoms with Crippen LogP contribution in [-0.4, -0.2) is 57.8 Å². The van der Waals surface area contributed by atoms with Crippen LogP contribution in [0.2, 0.25) is 0 Å². The number of carbonyl (C=O) groups is 3. The Labute approximate surface area is 215 Å². The maximum atomic E-state index is 14.0. The second kappa shape index (κ2) is 11.2. The van der Waals surface area contributed by atoms with Gasteiger partial charge in [-0.3, -0.25) is 28.9 Å². The molecule has 0 radical (unpaired) electrons. The van der Waals surface area contributed by atoms with Crippen molar-refractivity contribution in [2.45, 2.75) is 32.5 Å². The third-order valence-corrected chi connectivity index (χ3v) is 5.92. The predicted octanol–water partition coefficient (Wildman–Crippen LogP) is 1.94. The van der Waals surface area contributed by atoms with E-state index in [0.29, 0.717) is 12.1 Å². The molecule has 1 aromatic heterocycles. The number of benzene rings is 1. The molecule has 0 spiro atoms. The van der Waals surface area contributed by atoms with E-state index in [9.17, 15) is 37.5 Å². The minimum Gasteiger partial charge on any atom is -0.502 e. The van der Waals surface area contributed by atoms with E-state index in [0.717, 1.165) is 10.9 Å². The summed E-state index contributed by atoms with van der Waals surface area (Å²) in [6.07, 6.45) is 3.84. The summed E-state index contributed by atoms with van der Waals surface area (Å²) in [7, 11) is 0. The van der Waals surface area contributed by atoms with E-state index in [1.165, 1.54) is 29.0 Å². The SMILES string of the molecule is C=C[C@H](C)N1CN([C@@H](C=C)COC(C)=O)n2cc(C(=O)NCc3c(F)cc(F)cc3F)c(=O)c(O)c2C1=O. The maximum Gasteiger partial charge on any atom is 0.302 e. The molecule has 202 valence electrons. The van der Waals surface area contributed by atoms with Crippen molar-refractivity contribution in [1.82, 2.24) is 14.9 Å². The molecule has 13 heteroatoms. The molecule has 1 aliphatic rings. The van der Waals surface area contributed by atoms with E-state index in [-0.39, 0.29) is 13.3 Å². The molecule has 0 saturated heterocycles. The highest BCUT2D eigenvalue weighted by atomic mass is 19.1. The number of hydrogen-bond acceptors (Lipinski definition) is 7. The Kier molecular flexibility index (Phi) is 8.29. The number of amides is 2. The van der Waals surface area contributed by atoms with Gasteiger partial charge in [-0.25, -0.2) is 13.2 Å². The van der Waals surface area contributed by atoms with Crippen molar-refractivity contribution in [3.63, 3.8) is 0 Å². The van der Waals surface area contributed by atoms with E-state index in [1.807, 2.05) is 0 Å². The van der Waals surface area contributed by atoms with Crippen molar-refractivity contribution >= 4 is 17.8 Å². The van der Waals surface area contributed by atoms with Crippen LogP contribution in [0.1, 0.15) is 40.3 Å². The Bertz CT molecular complexity index is 1350. The van der Waals surface area contributed by atoms with E-state index >= 15 is 0 Å². The number of hydrogen-bond donors (Lipinski definition) is 2. The largest absolute Gasteiger partial charge is 0.502 e. The molecular weight excluding hydrogens is 509 g/mol. The van der Waals surface area contributed by atoms with E-state index < -0.39 is 81.9 Å². The fourth-order valence-corrected chi connectivity index (χ4v) is 3.77. The highest BCUT2D eigenvalue weighted by molar-refractivity contribution is 5.99. The first kappa shape index (κ1) is 28.0. The molecule has 0 unspecified atom stereocenters. The van der Waals surface area contributed by atoms with E-state index in [2.05, 4.69) is 18.5 Å². The lowest BCUT2D eigenvalue weighted by atomic mass is 10.1. The second-order valence-corrected chi connectivity index (χ2v) is 8.38. The number of fused-ring (bicyclic) bond motifs is 1. The number of aromatic nitrogens is 1. The van der Waals surface area contributed by atoms with Gasteiger partial charge in [0.05, 0.1) is 6.04 Å². The highest BCUT2D eigenvalue weighted by Gasteiger charge is 2.38. The van der Waals surface area contributed by atoms with Crippen LogP contribution >= 0.6 is 0 Å². The average Bonchev–Trinajstić information content (AvgIpc) is 2.85. The molecule has 0 fully saturated rings. The van der Waals surface area contributed by atoms with Gasteiger partial charge >= 0.3 is 5.97 Å². The first-order valence-corrected chi connectivity index (χ1v) is 11.3.